The number of benzene rings is 1. The second-order valence-electron chi connectivity index (χ2n) is 6.17. The van der Waals surface area contributed by atoms with Gasteiger partial charge in [-0.2, -0.15) is 0 Å². The minimum Gasteiger partial charge on any atom is -0.448 e. The first-order valence-electron chi connectivity index (χ1n) is 7.15. The van der Waals surface area contributed by atoms with Gasteiger partial charge < -0.3 is 4.74 Å². The third kappa shape index (κ3) is 3.41. The number of sulfonamides is 1. The van der Waals surface area contributed by atoms with Crippen LogP contribution in [0.1, 0.15) is 25.0 Å². The molecule has 1 N–H and O–H groups in total. The summed E-state index contributed by atoms with van der Waals surface area (Å²) in [6, 6.07) is 5.20. The molecule has 1 aromatic carbocycles. The van der Waals surface area contributed by atoms with Crippen LogP contribution in [0.5, 0.6) is 0 Å². The normalized spacial score (nSPS) is 16.0. The fourth-order valence-electron chi connectivity index (χ4n) is 2.49. The Morgan fingerprint density at radius 2 is 2.00 bits per heavy atom. The Labute approximate surface area is 131 Å². The lowest BCUT2D eigenvalue weighted by Crippen LogP contribution is -2.52. The summed E-state index contributed by atoms with van der Waals surface area (Å²) < 4.78 is 32.4. The van der Waals surface area contributed by atoms with E-state index in [2.05, 4.69) is 4.72 Å². The van der Waals surface area contributed by atoms with Crippen LogP contribution in [0.2, 0.25) is 0 Å². The van der Waals surface area contributed by atoms with Gasteiger partial charge in [-0.25, -0.2) is 17.9 Å². The first-order valence-corrected chi connectivity index (χ1v) is 8.63. The van der Waals surface area contributed by atoms with Gasteiger partial charge in [0.2, 0.25) is 10.0 Å². The summed E-state index contributed by atoms with van der Waals surface area (Å²) in [5.41, 5.74) is 1.06. The zero-order valence-corrected chi connectivity index (χ0v) is 14.2. The van der Waals surface area contributed by atoms with E-state index < -0.39 is 21.7 Å². The van der Waals surface area contributed by atoms with E-state index in [4.69, 9.17) is 4.74 Å². The van der Waals surface area contributed by atoms with E-state index in [0.717, 1.165) is 5.56 Å². The number of carbonyl (C=O) groups is 1. The van der Waals surface area contributed by atoms with Crippen LogP contribution in [-0.2, 0) is 14.8 Å². The summed E-state index contributed by atoms with van der Waals surface area (Å²) in [6.45, 7) is 8.23. The highest BCUT2D eigenvalue weighted by Gasteiger charge is 2.36. The Balaban J connectivity index is 2.14. The Hall–Kier alpha value is -1.60. The predicted molar refractivity (Wildman–Crippen MR) is 83.2 cm³/mol. The molecule has 1 saturated heterocycles. The smallest absolute Gasteiger partial charge is 0.410 e. The maximum Gasteiger partial charge on any atom is 0.410 e. The minimum atomic E-state index is -3.62. The van der Waals surface area contributed by atoms with Crippen molar-refractivity contribution in [2.75, 3.05) is 19.7 Å². The van der Waals surface area contributed by atoms with Crippen molar-refractivity contribution in [3.05, 3.63) is 29.3 Å². The van der Waals surface area contributed by atoms with Crippen LogP contribution in [0.3, 0.4) is 0 Å². The average Bonchev–Trinajstić information content (AvgIpc) is 2.83. The van der Waals surface area contributed by atoms with Gasteiger partial charge in [-0.3, -0.25) is 4.90 Å². The highest BCUT2D eigenvalue weighted by molar-refractivity contribution is 7.89. The lowest BCUT2D eigenvalue weighted by molar-refractivity contribution is 0.127. The van der Waals surface area contributed by atoms with Crippen molar-refractivity contribution in [3.8, 4) is 0 Å². The Morgan fingerprint density at radius 1 is 1.32 bits per heavy atom. The standard InChI is InChI=1S/C15H22N2O4S/c1-11-5-6-13(12(2)9-11)22(19,20)16-10-15(3,4)17-7-8-21-14(17)18/h5-6,9,16H,7-8,10H2,1-4H3. The summed E-state index contributed by atoms with van der Waals surface area (Å²) in [5.74, 6) is 0. The van der Waals surface area contributed by atoms with Crippen LogP contribution < -0.4 is 4.72 Å². The summed E-state index contributed by atoms with van der Waals surface area (Å²) in [6.07, 6.45) is -0.407. The van der Waals surface area contributed by atoms with Gasteiger partial charge in [0.25, 0.3) is 0 Å². The topological polar surface area (TPSA) is 75.7 Å². The van der Waals surface area contributed by atoms with E-state index in [1.807, 2.05) is 26.8 Å². The summed E-state index contributed by atoms with van der Waals surface area (Å²) in [7, 11) is -3.62. The van der Waals surface area contributed by atoms with Crippen molar-refractivity contribution in [3.63, 3.8) is 0 Å². The Morgan fingerprint density at radius 3 is 2.55 bits per heavy atom. The Bertz CT molecular complexity index is 683. The predicted octanol–water partition coefficient (Wildman–Crippen LogP) is 1.81. The molecule has 0 saturated carbocycles. The maximum absolute atomic E-state index is 12.5. The van der Waals surface area contributed by atoms with E-state index in [-0.39, 0.29) is 11.4 Å². The van der Waals surface area contributed by atoms with Crippen LogP contribution in [0.4, 0.5) is 4.79 Å². The molecule has 1 fully saturated rings. The first-order chi connectivity index (χ1) is 10.1. The van der Waals surface area contributed by atoms with E-state index in [1.54, 1.807) is 19.1 Å². The van der Waals surface area contributed by atoms with Gasteiger partial charge in [0, 0.05) is 6.54 Å². The fourth-order valence-corrected chi connectivity index (χ4v) is 3.92. The molecule has 0 bridgehead atoms. The van der Waals surface area contributed by atoms with Crippen molar-refractivity contribution in [1.29, 1.82) is 0 Å². The number of ether oxygens (including phenoxy) is 1. The molecular formula is C15H22N2O4S. The quantitative estimate of drug-likeness (QED) is 0.895. The zero-order chi connectivity index (χ0) is 16.5. The van der Waals surface area contributed by atoms with Gasteiger partial charge >= 0.3 is 6.09 Å². The van der Waals surface area contributed by atoms with E-state index >= 15 is 0 Å². The Kier molecular flexibility index (Phi) is 4.49. The van der Waals surface area contributed by atoms with Crippen molar-refractivity contribution in [2.45, 2.75) is 38.1 Å². The van der Waals surface area contributed by atoms with Gasteiger partial charge in [-0.05, 0) is 39.3 Å². The highest BCUT2D eigenvalue weighted by atomic mass is 32.2. The molecule has 1 aromatic rings. The van der Waals surface area contributed by atoms with Crippen LogP contribution in [-0.4, -0.2) is 44.6 Å². The summed E-state index contributed by atoms with van der Waals surface area (Å²) in [4.78, 5) is 13.4. The average molecular weight is 326 g/mol. The molecule has 0 aliphatic carbocycles. The number of amides is 1. The van der Waals surface area contributed by atoms with Gasteiger partial charge in [-0.15, -0.1) is 0 Å². The van der Waals surface area contributed by atoms with Crippen LogP contribution in [0, 0.1) is 13.8 Å². The number of carbonyl (C=O) groups excluding carboxylic acids is 1. The number of hydrogen-bond acceptors (Lipinski definition) is 4. The molecule has 1 amide bonds. The fraction of sp³-hybridized carbons (Fsp3) is 0.533. The second kappa shape index (κ2) is 5.89. The van der Waals surface area contributed by atoms with Gasteiger partial charge in [0.05, 0.1) is 17.0 Å². The van der Waals surface area contributed by atoms with Crippen LogP contribution in [0.25, 0.3) is 0 Å². The van der Waals surface area contributed by atoms with E-state index in [1.165, 1.54) is 4.90 Å². The zero-order valence-electron chi connectivity index (χ0n) is 13.3. The molecule has 0 spiro atoms. The SMILES string of the molecule is Cc1ccc(S(=O)(=O)NCC(C)(C)N2CCOC2=O)c(C)c1. The number of hydrogen-bond donors (Lipinski definition) is 1. The summed E-state index contributed by atoms with van der Waals surface area (Å²) >= 11 is 0. The molecule has 1 heterocycles. The molecular weight excluding hydrogens is 304 g/mol. The number of nitrogens with one attached hydrogen (secondary N) is 1. The highest BCUT2D eigenvalue weighted by Crippen LogP contribution is 2.21. The van der Waals surface area contributed by atoms with Gasteiger partial charge in [-0.1, -0.05) is 17.7 Å². The lowest BCUT2D eigenvalue weighted by atomic mass is 10.0. The van der Waals surface area contributed by atoms with Gasteiger partial charge in [0.15, 0.2) is 0 Å². The third-order valence-electron chi connectivity index (χ3n) is 3.81. The van der Waals surface area contributed by atoms with Gasteiger partial charge in [0.1, 0.15) is 6.61 Å². The number of nitrogens with zero attached hydrogens (tertiary/aromatic N) is 1. The number of rotatable bonds is 5. The third-order valence-corrected chi connectivity index (χ3v) is 5.37. The number of aryl methyl sites for hydroxylation is 2. The monoisotopic (exact) mass is 326 g/mol. The van der Waals surface area contributed by atoms with Crippen molar-refractivity contribution < 1.29 is 17.9 Å². The molecule has 1 aliphatic heterocycles. The van der Waals surface area contributed by atoms with Crippen molar-refractivity contribution >= 4 is 16.1 Å². The van der Waals surface area contributed by atoms with E-state index in [0.29, 0.717) is 18.7 Å². The second-order valence-corrected chi connectivity index (χ2v) is 7.91. The molecule has 22 heavy (non-hydrogen) atoms. The van der Waals surface area contributed by atoms with Crippen LogP contribution >= 0.6 is 0 Å². The summed E-state index contributed by atoms with van der Waals surface area (Å²) in [5, 5.41) is 0. The lowest BCUT2D eigenvalue weighted by Gasteiger charge is -2.33. The first kappa shape index (κ1) is 16.8. The van der Waals surface area contributed by atoms with Crippen molar-refractivity contribution in [1.82, 2.24) is 9.62 Å². The molecule has 0 atom stereocenters. The molecule has 122 valence electrons. The largest absolute Gasteiger partial charge is 0.448 e. The molecule has 0 radical (unpaired) electrons. The molecule has 7 heteroatoms. The maximum atomic E-state index is 12.5. The van der Waals surface area contributed by atoms with E-state index in [9.17, 15) is 13.2 Å². The molecule has 1 aliphatic rings. The molecule has 0 aromatic heterocycles. The van der Waals surface area contributed by atoms with Crippen molar-refractivity contribution in [2.24, 2.45) is 0 Å². The molecule has 0 unspecified atom stereocenters. The minimum absolute atomic E-state index is 0.123. The molecule has 6 nitrogen and oxygen atoms in total. The van der Waals surface area contributed by atoms with Crippen LogP contribution in [0.15, 0.2) is 23.1 Å². The number of cyclic esters (lactones) is 1. The molecule has 2 rings (SSSR count).